The van der Waals surface area contributed by atoms with Gasteiger partial charge in [-0.2, -0.15) is 0 Å². The van der Waals surface area contributed by atoms with Gasteiger partial charge >= 0.3 is 0 Å². The minimum atomic E-state index is 0.440. The van der Waals surface area contributed by atoms with Crippen LogP contribution in [0.4, 0.5) is 0 Å². The minimum Gasteiger partial charge on any atom is -0.327 e. The molecule has 0 aliphatic rings. The number of unbranched alkanes of at least 4 members (excludes halogenated alkanes) is 1. The van der Waals surface area contributed by atoms with Gasteiger partial charge in [-0.25, -0.2) is 0 Å². The van der Waals surface area contributed by atoms with Gasteiger partial charge in [0.05, 0.1) is 0 Å². The van der Waals surface area contributed by atoms with Crippen LogP contribution in [-0.2, 0) is 0 Å². The van der Waals surface area contributed by atoms with E-state index in [9.17, 15) is 0 Å². The van der Waals surface area contributed by atoms with Gasteiger partial charge in [-0.05, 0) is 6.42 Å². The van der Waals surface area contributed by atoms with Gasteiger partial charge in [0.25, 0.3) is 0 Å². The van der Waals surface area contributed by atoms with Crippen LogP contribution in [0.3, 0.4) is 0 Å². The predicted molar refractivity (Wildman–Crippen MR) is 46.4 cm³/mol. The summed E-state index contributed by atoms with van der Waals surface area (Å²) < 4.78 is 1.10. The van der Waals surface area contributed by atoms with Crippen LogP contribution in [-0.4, -0.2) is 10.5 Å². The number of hydrogen-bond donors (Lipinski definition) is 1. The average molecular weight is 227 g/mol. The summed E-state index contributed by atoms with van der Waals surface area (Å²) in [5.41, 5.74) is 5.65. The fraction of sp³-hybridized carbons (Fsp3) is 1.00. The molecule has 0 aromatic rings. The molecular formula is C6H14IN. The minimum absolute atomic E-state index is 0.440. The molecule has 1 nitrogen and oxygen atoms in total. The third kappa shape index (κ3) is 4.84. The average Bonchev–Trinajstić information content (AvgIpc) is 1.83. The normalized spacial score (nSPS) is 13.9. The highest BCUT2D eigenvalue weighted by atomic mass is 127. The maximum absolute atomic E-state index is 5.65. The molecule has 0 aliphatic heterocycles. The van der Waals surface area contributed by atoms with E-state index in [0.29, 0.717) is 6.04 Å². The molecule has 0 aromatic carbocycles. The van der Waals surface area contributed by atoms with E-state index in [1.54, 1.807) is 0 Å². The van der Waals surface area contributed by atoms with Crippen LogP contribution in [0.15, 0.2) is 0 Å². The first-order valence-electron chi connectivity index (χ1n) is 3.12. The van der Waals surface area contributed by atoms with Crippen molar-refractivity contribution in [3.63, 3.8) is 0 Å². The Bertz CT molecular complexity index is 47.8. The highest BCUT2D eigenvalue weighted by Gasteiger charge is 1.95. The molecule has 2 N–H and O–H groups in total. The van der Waals surface area contributed by atoms with Crippen molar-refractivity contribution < 1.29 is 0 Å². The molecule has 0 unspecified atom stereocenters. The summed E-state index contributed by atoms with van der Waals surface area (Å²) in [5.74, 6) is 0. The first-order chi connectivity index (χ1) is 3.81. The van der Waals surface area contributed by atoms with Crippen LogP contribution in [0.2, 0.25) is 0 Å². The van der Waals surface area contributed by atoms with Gasteiger partial charge in [-0.1, -0.05) is 42.4 Å². The highest BCUT2D eigenvalue weighted by molar-refractivity contribution is 14.1. The quantitative estimate of drug-likeness (QED) is 0.576. The van der Waals surface area contributed by atoms with Crippen molar-refractivity contribution in [2.75, 3.05) is 4.43 Å². The predicted octanol–water partition coefficient (Wildman–Crippen LogP) is 1.94. The summed E-state index contributed by atoms with van der Waals surface area (Å²) >= 11 is 2.33. The van der Waals surface area contributed by atoms with Gasteiger partial charge in [0.2, 0.25) is 0 Å². The summed E-state index contributed by atoms with van der Waals surface area (Å²) in [6.07, 6.45) is 3.74. The van der Waals surface area contributed by atoms with Gasteiger partial charge in [-0.3, -0.25) is 0 Å². The lowest BCUT2D eigenvalue weighted by molar-refractivity contribution is 0.627. The third-order valence-electron chi connectivity index (χ3n) is 1.13. The molecule has 0 saturated heterocycles. The molecule has 0 bridgehead atoms. The van der Waals surface area contributed by atoms with Gasteiger partial charge in [0, 0.05) is 10.5 Å². The first-order valence-corrected chi connectivity index (χ1v) is 4.65. The second kappa shape index (κ2) is 5.82. The zero-order valence-electron chi connectivity index (χ0n) is 5.36. The van der Waals surface area contributed by atoms with Gasteiger partial charge < -0.3 is 5.73 Å². The van der Waals surface area contributed by atoms with E-state index in [-0.39, 0.29) is 0 Å². The SMILES string of the molecule is CCCC[C@@H](N)CI. The van der Waals surface area contributed by atoms with Crippen molar-refractivity contribution in [3.8, 4) is 0 Å². The zero-order chi connectivity index (χ0) is 6.41. The summed E-state index contributed by atoms with van der Waals surface area (Å²) in [6, 6.07) is 0.440. The topological polar surface area (TPSA) is 26.0 Å². The summed E-state index contributed by atoms with van der Waals surface area (Å²) in [6.45, 7) is 2.19. The van der Waals surface area contributed by atoms with E-state index in [2.05, 4.69) is 29.5 Å². The van der Waals surface area contributed by atoms with Crippen LogP contribution in [0.25, 0.3) is 0 Å². The Hall–Kier alpha value is 0.690. The van der Waals surface area contributed by atoms with Crippen LogP contribution in [0.5, 0.6) is 0 Å². The van der Waals surface area contributed by atoms with Crippen molar-refractivity contribution in [3.05, 3.63) is 0 Å². The molecule has 1 atom stereocenters. The first kappa shape index (κ1) is 8.69. The fourth-order valence-corrected chi connectivity index (χ4v) is 0.984. The maximum Gasteiger partial charge on any atom is 0.0147 e. The molecule has 0 spiro atoms. The Morgan fingerprint density at radius 2 is 2.25 bits per heavy atom. The van der Waals surface area contributed by atoms with Gasteiger partial charge in [0.15, 0.2) is 0 Å². The van der Waals surface area contributed by atoms with Crippen molar-refractivity contribution in [1.82, 2.24) is 0 Å². The molecule has 0 radical (unpaired) electrons. The Labute approximate surface area is 65.2 Å². The molecule has 8 heavy (non-hydrogen) atoms. The lowest BCUT2D eigenvalue weighted by Crippen LogP contribution is -2.20. The lowest BCUT2D eigenvalue weighted by Gasteiger charge is -2.03. The van der Waals surface area contributed by atoms with Gasteiger partial charge in [0.1, 0.15) is 0 Å². The molecule has 0 aliphatic carbocycles. The Morgan fingerprint density at radius 1 is 1.62 bits per heavy atom. The Balaban J connectivity index is 2.86. The second-order valence-corrected chi connectivity index (χ2v) is 2.94. The number of hydrogen-bond acceptors (Lipinski definition) is 1. The van der Waals surface area contributed by atoms with Crippen LogP contribution >= 0.6 is 22.6 Å². The van der Waals surface area contributed by atoms with Crippen molar-refractivity contribution in [1.29, 1.82) is 0 Å². The molecule has 0 aromatic heterocycles. The summed E-state index contributed by atoms with van der Waals surface area (Å²) in [7, 11) is 0. The van der Waals surface area contributed by atoms with Crippen LogP contribution < -0.4 is 5.73 Å². The van der Waals surface area contributed by atoms with E-state index >= 15 is 0 Å². The Kier molecular flexibility index (Phi) is 6.32. The van der Waals surface area contributed by atoms with Crippen molar-refractivity contribution in [2.45, 2.75) is 32.2 Å². The van der Waals surface area contributed by atoms with E-state index in [1.165, 1.54) is 19.3 Å². The molecule has 0 heterocycles. The van der Waals surface area contributed by atoms with E-state index in [4.69, 9.17) is 5.73 Å². The maximum atomic E-state index is 5.65. The second-order valence-electron chi connectivity index (χ2n) is 2.06. The number of rotatable bonds is 4. The molecular weight excluding hydrogens is 213 g/mol. The van der Waals surface area contributed by atoms with E-state index in [1.807, 2.05) is 0 Å². The monoisotopic (exact) mass is 227 g/mol. The number of nitrogens with two attached hydrogens (primary N) is 1. The highest BCUT2D eigenvalue weighted by Crippen LogP contribution is 1.99. The summed E-state index contributed by atoms with van der Waals surface area (Å²) in [4.78, 5) is 0. The lowest BCUT2D eigenvalue weighted by atomic mass is 10.2. The molecule has 2 heteroatoms. The Morgan fingerprint density at radius 3 is 2.62 bits per heavy atom. The molecule has 50 valence electrons. The number of halogens is 1. The van der Waals surface area contributed by atoms with Crippen LogP contribution in [0, 0.1) is 0 Å². The summed E-state index contributed by atoms with van der Waals surface area (Å²) in [5, 5.41) is 0. The van der Waals surface area contributed by atoms with E-state index in [0.717, 1.165) is 4.43 Å². The third-order valence-corrected chi connectivity index (χ3v) is 2.26. The molecule has 0 fully saturated rings. The largest absolute Gasteiger partial charge is 0.327 e. The fourth-order valence-electron chi connectivity index (χ4n) is 0.543. The van der Waals surface area contributed by atoms with Crippen molar-refractivity contribution >= 4 is 22.6 Å². The number of alkyl halides is 1. The van der Waals surface area contributed by atoms with Gasteiger partial charge in [-0.15, -0.1) is 0 Å². The van der Waals surface area contributed by atoms with Crippen molar-refractivity contribution in [2.24, 2.45) is 5.73 Å². The molecule has 0 amide bonds. The standard InChI is InChI=1S/C6H14IN/c1-2-3-4-6(8)5-7/h6H,2-5,8H2,1H3/t6-/m1/s1. The smallest absolute Gasteiger partial charge is 0.0147 e. The van der Waals surface area contributed by atoms with Crippen LogP contribution in [0.1, 0.15) is 26.2 Å². The van der Waals surface area contributed by atoms with E-state index < -0.39 is 0 Å². The molecule has 0 saturated carbocycles. The zero-order valence-corrected chi connectivity index (χ0v) is 7.52. The molecule has 0 rings (SSSR count).